The lowest BCUT2D eigenvalue weighted by Crippen LogP contribution is -2.15. The van der Waals surface area contributed by atoms with E-state index in [0.29, 0.717) is 12.3 Å². The van der Waals surface area contributed by atoms with Gasteiger partial charge < -0.3 is 14.2 Å². The van der Waals surface area contributed by atoms with Crippen LogP contribution in [0.3, 0.4) is 0 Å². The molecule has 0 atom stereocenters. The maximum absolute atomic E-state index is 14.2. The van der Waals surface area contributed by atoms with Crippen LogP contribution >= 0.6 is 0 Å². The minimum absolute atomic E-state index is 0.0709. The number of hydrogen-bond donors (Lipinski definition) is 0. The molecule has 1 aromatic heterocycles. The Kier molecular flexibility index (Phi) is 5.92. The molecule has 2 aromatic carbocycles. The molecular formula is C21H19FN2O5. The highest BCUT2D eigenvalue weighted by molar-refractivity contribution is 6.06. The number of carbonyl (C=O) groups excluding carboxylic acids is 2. The van der Waals surface area contributed by atoms with E-state index in [9.17, 15) is 14.0 Å². The van der Waals surface area contributed by atoms with Gasteiger partial charge in [-0.1, -0.05) is 18.2 Å². The summed E-state index contributed by atoms with van der Waals surface area (Å²) in [5.41, 5.74) is 0.597. The third-order valence-corrected chi connectivity index (χ3v) is 4.11. The first-order chi connectivity index (χ1) is 14.0. The quantitative estimate of drug-likeness (QED) is 0.590. The van der Waals surface area contributed by atoms with Gasteiger partial charge >= 0.3 is 11.9 Å². The van der Waals surface area contributed by atoms with Crippen molar-refractivity contribution in [3.8, 4) is 22.7 Å². The Bertz CT molecular complexity index is 1050. The van der Waals surface area contributed by atoms with Crippen LogP contribution in [0, 0.1) is 5.82 Å². The van der Waals surface area contributed by atoms with Crippen molar-refractivity contribution in [3.05, 3.63) is 65.6 Å². The van der Waals surface area contributed by atoms with Gasteiger partial charge in [-0.05, 0) is 31.2 Å². The van der Waals surface area contributed by atoms with Crippen LogP contribution in [0.4, 0.5) is 4.39 Å². The van der Waals surface area contributed by atoms with Gasteiger partial charge in [0.2, 0.25) is 0 Å². The number of esters is 2. The molecule has 0 unspecified atom stereocenters. The maximum Gasteiger partial charge on any atom is 0.357 e. The Morgan fingerprint density at radius 3 is 2.34 bits per heavy atom. The monoisotopic (exact) mass is 398 g/mol. The zero-order chi connectivity index (χ0) is 21.0. The molecule has 0 saturated carbocycles. The maximum atomic E-state index is 14.2. The molecule has 3 rings (SSSR count). The van der Waals surface area contributed by atoms with E-state index in [0.717, 1.165) is 0 Å². The van der Waals surface area contributed by atoms with Crippen LogP contribution in [0.2, 0.25) is 0 Å². The summed E-state index contributed by atoms with van der Waals surface area (Å²) in [6.07, 6.45) is 0. The molecule has 3 aromatic rings. The standard InChI is InChI=1S/C21H19FN2O5/c1-4-29-16-11-13(10-14(22)12-16)18-17(20(25)27-2)19(21(26)28-3)24(23-18)15-8-6-5-7-9-15/h5-12H,4H2,1-3H3. The SMILES string of the molecule is CCOc1cc(F)cc(-c2nn(-c3ccccc3)c(C(=O)OC)c2C(=O)OC)c1. The van der Waals surface area contributed by atoms with Crippen LogP contribution in [0.1, 0.15) is 27.8 Å². The predicted octanol–water partition coefficient (Wildman–Crippen LogP) is 3.65. The predicted molar refractivity (Wildman–Crippen MR) is 103 cm³/mol. The molecule has 0 saturated heterocycles. The van der Waals surface area contributed by atoms with Gasteiger partial charge in [0.25, 0.3) is 0 Å². The van der Waals surface area contributed by atoms with Crippen molar-refractivity contribution in [2.45, 2.75) is 6.92 Å². The highest BCUT2D eigenvalue weighted by Gasteiger charge is 2.31. The van der Waals surface area contributed by atoms with Gasteiger partial charge in [0.05, 0.1) is 26.5 Å². The molecule has 0 N–H and O–H groups in total. The summed E-state index contributed by atoms with van der Waals surface area (Å²) in [5, 5.41) is 4.42. The second-order valence-corrected chi connectivity index (χ2v) is 5.91. The van der Waals surface area contributed by atoms with E-state index in [1.165, 1.54) is 37.1 Å². The van der Waals surface area contributed by atoms with Gasteiger partial charge in [-0.25, -0.2) is 18.7 Å². The Morgan fingerprint density at radius 2 is 1.72 bits per heavy atom. The second kappa shape index (κ2) is 8.55. The molecule has 8 heteroatoms. The minimum Gasteiger partial charge on any atom is -0.494 e. The number of rotatable bonds is 6. The minimum atomic E-state index is -0.801. The van der Waals surface area contributed by atoms with Crippen molar-refractivity contribution in [2.24, 2.45) is 0 Å². The second-order valence-electron chi connectivity index (χ2n) is 5.91. The first-order valence-electron chi connectivity index (χ1n) is 8.79. The molecule has 0 aliphatic heterocycles. The van der Waals surface area contributed by atoms with E-state index in [1.807, 2.05) is 0 Å². The summed E-state index contributed by atoms with van der Waals surface area (Å²) in [4.78, 5) is 25.1. The van der Waals surface area contributed by atoms with E-state index in [-0.39, 0.29) is 28.3 Å². The molecule has 150 valence electrons. The van der Waals surface area contributed by atoms with Crippen LogP contribution < -0.4 is 4.74 Å². The van der Waals surface area contributed by atoms with Gasteiger partial charge in [0.15, 0.2) is 5.69 Å². The molecule has 0 bridgehead atoms. The summed E-state index contributed by atoms with van der Waals surface area (Å²) in [7, 11) is 2.38. The van der Waals surface area contributed by atoms with Crippen LogP contribution in [-0.4, -0.2) is 42.5 Å². The van der Waals surface area contributed by atoms with Crippen LogP contribution in [0.25, 0.3) is 16.9 Å². The lowest BCUT2D eigenvalue weighted by molar-refractivity contribution is 0.0549. The van der Waals surface area contributed by atoms with Gasteiger partial charge in [-0.2, -0.15) is 5.10 Å². The van der Waals surface area contributed by atoms with Gasteiger partial charge in [-0.15, -0.1) is 0 Å². The lowest BCUT2D eigenvalue weighted by Gasteiger charge is -2.07. The van der Waals surface area contributed by atoms with E-state index in [4.69, 9.17) is 14.2 Å². The number of benzene rings is 2. The third kappa shape index (κ3) is 3.96. The van der Waals surface area contributed by atoms with E-state index >= 15 is 0 Å². The van der Waals surface area contributed by atoms with Crippen molar-refractivity contribution in [3.63, 3.8) is 0 Å². The Hall–Kier alpha value is -3.68. The van der Waals surface area contributed by atoms with Gasteiger partial charge in [0, 0.05) is 11.6 Å². The first-order valence-corrected chi connectivity index (χ1v) is 8.79. The zero-order valence-corrected chi connectivity index (χ0v) is 16.1. The van der Waals surface area contributed by atoms with Crippen molar-refractivity contribution in [2.75, 3.05) is 20.8 Å². The topological polar surface area (TPSA) is 79.7 Å². The fourth-order valence-corrected chi connectivity index (χ4v) is 2.91. The van der Waals surface area contributed by atoms with E-state index < -0.39 is 17.8 Å². The number of methoxy groups -OCH3 is 2. The van der Waals surface area contributed by atoms with Crippen molar-refractivity contribution in [1.82, 2.24) is 9.78 Å². The highest BCUT2D eigenvalue weighted by atomic mass is 19.1. The lowest BCUT2D eigenvalue weighted by atomic mass is 10.0. The normalized spacial score (nSPS) is 10.5. The molecule has 0 aliphatic carbocycles. The van der Waals surface area contributed by atoms with Gasteiger partial charge in [-0.3, -0.25) is 0 Å². The van der Waals surface area contributed by atoms with Crippen molar-refractivity contribution >= 4 is 11.9 Å². The Morgan fingerprint density at radius 1 is 1.03 bits per heavy atom. The van der Waals surface area contributed by atoms with Gasteiger partial charge in [0.1, 0.15) is 22.8 Å². The highest BCUT2D eigenvalue weighted by Crippen LogP contribution is 2.32. The van der Waals surface area contributed by atoms with E-state index in [2.05, 4.69) is 5.10 Å². The largest absolute Gasteiger partial charge is 0.494 e. The molecular weight excluding hydrogens is 379 g/mol. The molecule has 29 heavy (non-hydrogen) atoms. The van der Waals surface area contributed by atoms with Crippen LogP contribution in [0.5, 0.6) is 5.75 Å². The van der Waals surface area contributed by atoms with Crippen LogP contribution in [0.15, 0.2) is 48.5 Å². The third-order valence-electron chi connectivity index (χ3n) is 4.11. The number of aromatic nitrogens is 2. The summed E-state index contributed by atoms with van der Waals surface area (Å²) in [5.74, 6) is -1.89. The fraction of sp³-hybridized carbons (Fsp3) is 0.190. The average Bonchev–Trinajstić information content (AvgIpc) is 3.14. The van der Waals surface area contributed by atoms with Crippen molar-refractivity contribution < 1.29 is 28.2 Å². The summed E-state index contributed by atoms with van der Waals surface area (Å²) in [6, 6.07) is 12.7. The zero-order valence-electron chi connectivity index (χ0n) is 16.1. The van der Waals surface area contributed by atoms with E-state index in [1.54, 1.807) is 37.3 Å². The molecule has 0 amide bonds. The number of ether oxygens (including phenoxy) is 3. The summed E-state index contributed by atoms with van der Waals surface area (Å²) in [6.45, 7) is 2.10. The smallest absolute Gasteiger partial charge is 0.357 e. The molecule has 0 aliphatic rings. The molecule has 0 fully saturated rings. The number of para-hydroxylation sites is 1. The van der Waals surface area contributed by atoms with Crippen molar-refractivity contribution in [1.29, 1.82) is 0 Å². The Labute approximate surface area is 166 Å². The van der Waals surface area contributed by atoms with Crippen LogP contribution in [-0.2, 0) is 9.47 Å². The summed E-state index contributed by atoms with van der Waals surface area (Å²) >= 11 is 0. The Balaban J connectivity index is 2.34. The molecule has 7 nitrogen and oxygen atoms in total. The number of hydrogen-bond acceptors (Lipinski definition) is 6. The summed E-state index contributed by atoms with van der Waals surface area (Å²) < 4.78 is 30.6. The fourth-order valence-electron chi connectivity index (χ4n) is 2.91. The molecule has 0 spiro atoms. The molecule has 1 heterocycles. The number of nitrogens with zero attached hydrogens (tertiary/aromatic N) is 2. The average molecular weight is 398 g/mol. The molecule has 0 radical (unpaired) electrons. The first kappa shape index (κ1) is 20.1. The number of halogens is 1. The number of carbonyl (C=O) groups is 2.